The molecule has 9 heteroatoms. The number of esters is 1. The van der Waals surface area contributed by atoms with E-state index in [2.05, 4.69) is 20.4 Å². The molecule has 0 amide bonds. The van der Waals surface area contributed by atoms with E-state index >= 15 is 0 Å². The Bertz CT molecular complexity index is 931. The van der Waals surface area contributed by atoms with Crippen LogP contribution in [0.1, 0.15) is 40.8 Å². The molecule has 0 spiro atoms. The highest BCUT2D eigenvalue weighted by atomic mass is 35.5. The fourth-order valence-electron chi connectivity index (χ4n) is 2.48. The molecule has 2 heterocycles. The van der Waals surface area contributed by atoms with Crippen LogP contribution < -0.4 is 4.74 Å². The minimum atomic E-state index is -0.637. The third-order valence-electron chi connectivity index (χ3n) is 4.04. The van der Waals surface area contributed by atoms with Gasteiger partial charge in [-0.1, -0.05) is 11.6 Å². The second kappa shape index (κ2) is 6.80. The van der Waals surface area contributed by atoms with Crippen LogP contribution in [0.4, 0.5) is 0 Å². The molecule has 3 aromatic rings. The number of ether oxygens (including phenoxy) is 2. The van der Waals surface area contributed by atoms with Gasteiger partial charge in [0.1, 0.15) is 5.75 Å². The zero-order valence-electron chi connectivity index (χ0n) is 13.9. The number of nitrogens with zero attached hydrogens (tertiary/aromatic N) is 3. The first-order chi connectivity index (χ1) is 12.7. The van der Waals surface area contributed by atoms with Crippen molar-refractivity contribution in [3.63, 3.8) is 0 Å². The van der Waals surface area contributed by atoms with Crippen molar-refractivity contribution in [3.8, 4) is 17.2 Å². The number of benzene rings is 1. The molecule has 1 N–H and O–H groups in total. The molecule has 26 heavy (non-hydrogen) atoms. The van der Waals surface area contributed by atoms with Gasteiger partial charge in [0.05, 0.1) is 17.8 Å². The summed E-state index contributed by atoms with van der Waals surface area (Å²) in [5.41, 5.74) is 1.60. The van der Waals surface area contributed by atoms with Crippen LogP contribution in [0.3, 0.4) is 0 Å². The first-order valence-electron chi connectivity index (χ1n) is 8.03. The quantitative estimate of drug-likeness (QED) is 0.660. The molecule has 0 atom stereocenters. The minimum absolute atomic E-state index is 0.0726. The summed E-state index contributed by atoms with van der Waals surface area (Å²) in [5.74, 6) is 0.955. The Morgan fingerprint density at radius 3 is 2.77 bits per heavy atom. The SMILES string of the molecule is COc1ccc(-c2nnc(COC(=O)c3n[nH]c(C4CC4)c3Cl)o2)cc1. The van der Waals surface area contributed by atoms with Crippen LogP contribution in [0.25, 0.3) is 11.5 Å². The Morgan fingerprint density at radius 1 is 1.31 bits per heavy atom. The molecule has 134 valence electrons. The van der Waals surface area contributed by atoms with Crippen molar-refractivity contribution in [3.05, 3.63) is 46.6 Å². The predicted molar refractivity (Wildman–Crippen MR) is 91.0 cm³/mol. The van der Waals surface area contributed by atoms with Crippen LogP contribution in [0.5, 0.6) is 5.75 Å². The van der Waals surface area contributed by atoms with Crippen LogP contribution in [0, 0.1) is 0 Å². The molecule has 0 radical (unpaired) electrons. The molecule has 8 nitrogen and oxygen atoms in total. The van der Waals surface area contributed by atoms with Gasteiger partial charge in [-0.25, -0.2) is 4.79 Å². The highest BCUT2D eigenvalue weighted by Crippen LogP contribution is 2.42. The first-order valence-corrected chi connectivity index (χ1v) is 8.41. The van der Waals surface area contributed by atoms with E-state index < -0.39 is 5.97 Å². The molecule has 1 saturated carbocycles. The molecule has 0 unspecified atom stereocenters. The fraction of sp³-hybridized carbons (Fsp3) is 0.294. The summed E-state index contributed by atoms with van der Waals surface area (Å²) in [6, 6.07) is 7.17. The standard InChI is InChI=1S/C17H15ClN4O4/c1-24-11-6-4-10(5-7-11)16-22-19-12(26-16)8-25-17(23)15-13(18)14(20-21-15)9-2-3-9/h4-7,9H,2-3,8H2,1H3,(H,20,21). The van der Waals surface area contributed by atoms with Crippen molar-refractivity contribution in [1.29, 1.82) is 0 Å². The van der Waals surface area contributed by atoms with Crippen molar-refractivity contribution >= 4 is 17.6 Å². The lowest BCUT2D eigenvalue weighted by atomic mass is 10.2. The molecule has 0 saturated heterocycles. The summed E-state index contributed by atoms with van der Waals surface area (Å²) >= 11 is 6.19. The summed E-state index contributed by atoms with van der Waals surface area (Å²) in [5, 5.41) is 14.9. The van der Waals surface area contributed by atoms with Crippen molar-refractivity contribution in [2.24, 2.45) is 0 Å². The molecule has 1 fully saturated rings. The Balaban J connectivity index is 1.40. The van der Waals surface area contributed by atoms with Gasteiger partial charge in [-0.2, -0.15) is 5.10 Å². The van der Waals surface area contributed by atoms with E-state index in [4.69, 9.17) is 25.5 Å². The van der Waals surface area contributed by atoms with Gasteiger partial charge in [-0.05, 0) is 37.1 Å². The summed E-state index contributed by atoms with van der Waals surface area (Å²) in [6.07, 6.45) is 2.10. The predicted octanol–water partition coefficient (Wildman–Crippen LogP) is 3.36. The first kappa shape index (κ1) is 16.6. The van der Waals surface area contributed by atoms with Gasteiger partial charge in [-0.15, -0.1) is 10.2 Å². The molecule has 0 bridgehead atoms. The topological polar surface area (TPSA) is 103 Å². The minimum Gasteiger partial charge on any atom is -0.497 e. The maximum atomic E-state index is 12.1. The number of aromatic amines is 1. The van der Waals surface area contributed by atoms with E-state index in [9.17, 15) is 4.79 Å². The molecule has 0 aliphatic heterocycles. The number of methoxy groups -OCH3 is 1. The number of H-pyrrole nitrogens is 1. The molecule has 2 aromatic heterocycles. The number of carbonyl (C=O) groups is 1. The lowest BCUT2D eigenvalue weighted by Gasteiger charge is -2.00. The lowest BCUT2D eigenvalue weighted by Crippen LogP contribution is -2.06. The molecular weight excluding hydrogens is 360 g/mol. The third kappa shape index (κ3) is 3.28. The highest BCUT2D eigenvalue weighted by molar-refractivity contribution is 6.34. The lowest BCUT2D eigenvalue weighted by molar-refractivity contribution is 0.0432. The van der Waals surface area contributed by atoms with Gasteiger partial charge < -0.3 is 13.9 Å². The second-order valence-corrected chi connectivity index (χ2v) is 6.26. The van der Waals surface area contributed by atoms with Gasteiger partial charge >= 0.3 is 5.97 Å². The number of aromatic nitrogens is 4. The number of hydrogen-bond donors (Lipinski definition) is 1. The van der Waals surface area contributed by atoms with E-state index in [0.29, 0.717) is 16.8 Å². The Morgan fingerprint density at radius 2 is 2.08 bits per heavy atom. The summed E-state index contributed by atoms with van der Waals surface area (Å²) in [6.45, 7) is -0.163. The van der Waals surface area contributed by atoms with Crippen LogP contribution in [0.15, 0.2) is 28.7 Å². The molecule has 1 aromatic carbocycles. The molecule has 4 rings (SSSR count). The number of carbonyl (C=O) groups excluding carboxylic acids is 1. The number of hydrogen-bond acceptors (Lipinski definition) is 7. The molecular formula is C17H15ClN4O4. The van der Waals surface area contributed by atoms with Crippen molar-refractivity contribution in [1.82, 2.24) is 20.4 Å². The Kier molecular flexibility index (Phi) is 4.34. The smallest absolute Gasteiger partial charge is 0.360 e. The van der Waals surface area contributed by atoms with Crippen LogP contribution in [-0.4, -0.2) is 33.5 Å². The van der Waals surface area contributed by atoms with E-state index in [1.165, 1.54) is 0 Å². The zero-order chi connectivity index (χ0) is 18.1. The summed E-state index contributed by atoms with van der Waals surface area (Å²) < 4.78 is 15.8. The van der Waals surface area contributed by atoms with Crippen LogP contribution >= 0.6 is 11.6 Å². The normalized spacial score (nSPS) is 13.6. The van der Waals surface area contributed by atoms with Crippen molar-refractivity contribution in [2.75, 3.05) is 7.11 Å². The molecule has 1 aliphatic carbocycles. The van der Waals surface area contributed by atoms with Crippen molar-refractivity contribution < 1.29 is 18.7 Å². The van der Waals surface area contributed by atoms with Crippen molar-refractivity contribution in [2.45, 2.75) is 25.4 Å². The highest BCUT2D eigenvalue weighted by Gasteiger charge is 2.31. The van der Waals surface area contributed by atoms with Gasteiger partial charge in [0.25, 0.3) is 5.89 Å². The summed E-state index contributed by atoms with van der Waals surface area (Å²) in [4.78, 5) is 12.1. The third-order valence-corrected chi connectivity index (χ3v) is 4.42. The zero-order valence-corrected chi connectivity index (χ0v) is 14.6. The number of halogens is 1. The van der Waals surface area contributed by atoms with Crippen LogP contribution in [0.2, 0.25) is 5.02 Å². The Labute approximate surface area is 153 Å². The maximum Gasteiger partial charge on any atom is 0.360 e. The van der Waals surface area contributed by atoms with Crippen LogP contribution in [-0.2, 0) is 11.3 Å². The summed E-state index contributed by atoms with van der Waals surface area (Å²) in [7, 11) is 1.59. The average Bonchev–Trinajstić information content (AvgIpc) is 3.26. The van der Waals surface area contributed by atoms with E-state index in [-0.39, 0.29) is 18.2 Å². The largest absolute Gasteiger partial charge is 0.497 e. The van der Waals surface area contributed by atoms with Gasteiger partial charge in [0.2, 0.25) is 5.89 Å². The maximum absolute atomic E-state index is 12.1. The van der Waals surface area contributed by atoms with E-state index in [1.807, 2.05) is 0 Å². The second-order valence-electron chi connectivity index (χ2n) is 5.88. The fourth-order valence-corrected chi connectivity index (χ4v) is 2.79. The Hall–Kier alpha value is -2.87. The number of rotatable bonds is 6. The number of nitrogens with one attached hydrogen (secondary N) is 1. The van der Waals surface area contributed by atoms with Gasteiger partial charge in [-0.3, -0.25) is 5.10 Å². The van der Waals surface area contributed by atoms with Gasteiger partial charge in [0.15, 0.2) is 12.3 Å². The van der Waals surface area contributed by atoms with E-state index in [1.54, 1.807) is 31.4 Å². The average molecular weight is 375 g/mol. The van der Waals surface area contributed by atoms with E-state index in [0.717, 1.165) is 29.8 Å². The monoisotopic (exact) mass is 374 g/mol. The van der Waals surface area contributed by atoms with Gasteiger partial charge in [0, 0.05) is 11.5 Å². The molecule has 1 aliphatic rings.